The summed E-state index contributed by atoms with van der Waals surface area (Å²) in [4.78, 5) is 11.9. The number of rotatable bonds is 6. The predicted octanol–water partition coefficient (Wildman–Crippen LogP) is 1.82. The molecule has 1 aliphatic heterocycles. The van der Waals surface area contributed by atoms with Gasteiger partial charge in [-0.25, -0.2) is 0 Å². The average Bonchev–Trinajstić information content (AvgIpc) is 2.95. The number of methoxy groups -OCH3 is 1. The Hall–Kier alpha value is -1.30. The molecular formula is C14H21ClN2O3. The molecule has 1 aromatic carbocycles. The van der Waals surface area contributed by atoms with E-state index in [-0.39, 0.29) is 24.4 Å². The molecule has 1 aromatic rings. The summed E-state index contributed by atoms with van der Waals surface area (Å²) in [6.07, 6.45) is 1.97. The average molecular weight is 301 g/mol. The quantitative estimate of drug-likeness (QED) is 0.787. The molecule has 0 unspecified atom stereocenters. The Kier molecular flexibility index (Phi) is 7.36. The third kappa shape index (κ3) is 5.00. The molecule has 1 fully saturated rings. The number of hydrogen-bond donors (Lipinski definition) is 2. The number of ether oxygens (including phenoxy) is 2. The van der Waals surface area contributed by atoms with E-state index in [1.165, 1.54) is 0 Å². The fraction of sp³-hybridized carbons (Fsp3) is 0.500. The maximum absolute atomic E-state index is 11.9. The molecule has 2 N–H and O–H groups in total. The number of anilines is 1. The first-order chi connectivity index (χ1) is 9.29. The van der Waals surface area contributed by atoms with Crippen molar-refractivity contribution in [1.82, 2.24) is 5.32 Å². The zero-order chi connectivity index (χ0) is 13.5. The van der Waals surface area contributed by atoms with Gasteiger partial charge in [0.1, 0.15) is 12.4 Å². The van der Waals surface area contributed by atoms with E-state index in [1.54, 1.807) is 7.11 Å². The molecule has 0 bridgehead atoms. The van der Waals surface area contributed by atoms with E-state index < -0.39 is 0 Å². The maximum Gasteiger partial charge on any atom is 0.241 e. The van der Waals surface area contributed by atoms with E-state index in [0.29, 0.717) is 13.2 Å². The lowest BCUT2D eigenvalue weighted by atomic mass is 10.2. The van der Waals surface area contributed by atoms with Gasteiger partial charge in [-0.05, 0) is 43.7 Å². The fourth-order valence-electron chi connectivity index (χ4n) is 2.02. The van der Waals surface area contributed by atoms with Crippen LogP contribution < -0.4 is 15.4 Å². The van der Waals surface area contributed by atoms with E-state index in [1.807, 2.05) is 24.3 Å². The Bertz CT molecular complexity index is 405. The van der Waals surface area contributed by atoms with Crippen molar-refractivity contribution in [2.45, 2.75) is 18.9 Å². The van der Waals surface area contributed by atoms with Gasteiger partial charge in [-0.1, -0.05) is 0 Å². The summed E-state index contributed by atoms with van der Waals surface area (Å²) >= 11 is 0. The van der Waals surface area contributed by atoms with Crippen molar-refractivity contribution < 1.29 is 14.3 Å². The second-order valence-electron chi connectivity index (χ2n) is 4.50. The van der Waals surface area contributed by atoms with Crippen molar-refractivity contribution >= 4 is 24.0 Å². The van der Waals surface area contributed by atoms with Crippen molar-refractivity contribution in [1.29, 1.82) is 0 Å². The minimum absolute atomic E-state index is 0. The van der Waals surface area contributed by atoms with Gasteiger partial charge in [0.25, 0.3) is 0 Å². The molecule has 20 heavy (non-hydrogen) atoms. The summed E-state index contributed by atoms with van der Waals surface area (Å²) < 4.78 is 10.4. The molecule has 0 saturated carbocycles. The highest BCUT2D eigenvalue weighted by atomic mass is 35.5. The Morgan fingerprint density at radius 2 is 2.10 bits per heavy atom. The lowest BCUT2D eigenvalue weighted by Crippen LogP contribution is -2.35. The Labute approximate surface area is 125 Å². The van der Waals surface area contributed by atoms with Crippen LogP contribution in [0.1, 0.15) is 12.8 Å². The SMILES string of the molecule is COCCOc1ccc(NC(=O)[C@@H]2CCCN2)cc1.Cl. The lowest BCUT2D eigenvalue weighted by molar-refractivity contribution is -0.117. The Morgan fingerprint density at radius 3 is 2.70 bits per heavy atom. The molecular weight excluding hydrogens is 280 g/mol. The van der Waals surface area contributed by atoms with Crippen molar-refractivity contribution in [3.63, 3.8) is 0 Å². The molecule has 112 valence electrons. The van der Waals surface area contributed by atoms with E-state index in [2.05, 4.69) is 10.6 Å². The highest BCUT2D eigenvalue weighted by molar-refractivity contribution is 5.95. The molecule has 1 heterocycles. The number of amides is 1. The van der Waals surface area contributed by atoms with E-state index in [9.17, 15) is 4.79 Å². The third-order valence-corrected chi connectivity index (χ3v) is 3.05. The first kappa shape index (κ1) is 16.8. The molecule has 6 heteroatoms. The minimum Gasteiger partial charge on any atom is -0.491 e. The van der Waals surface area contributed by atoms with Gasteiger partial charge in [0.2, 0.25) is 5.91 Å². The molecule has 1 saturated heterocycles. The summed E-state index contributed by atoms with van der Waals surface area (Å²) in [7, 11) is 1.64. The summed E-state index contributed by atoms with van der Waals surface area (Å²) in [6, 6.07) is 7.31. The summed E-state index contributed by atoms with van der Waals surface area (Å²) in [6.45, 7) is 2.00. The summed E-state index contributed by atoms with van der Waals surface area (Å²) in [5, 5.41) is 6.07. The molecule has 5 nitrogen and oxygen atoms in total. The largest absolute Gasteiger partial charge is 0.491 e. The zero-order valence-corrected chi connectivity index (χ0v) is 12.4. The number of benzene rings is 1. The smallest absolute Gasteiger partial charge is 0.241 e. The first-order valence-electron chi connectivity index (χ1n) is 6.55. The molecule has 1 amide bonds. The van der Waals surface area contributed by atoms with Gasteiger partial charge in [-0.15, -0.1) is 12.4 Å². The van der Waals surface area contributed by atoms with Crippen LogP contribution in [-0.4, -0.2) is 38.8 Å². The second-order valence-corrected chi connectivity index (χ2v) is 4.50. The van der Waals surface area contributed by atoms with Crippen LogP contribution in [0, 0.1) is 0 Å². The molecule has 0 spiro atoms. The molecule has 1 aliphatic rings. The maximum atomic E-state index is 11.9. The van der Waals surface area contributed by atoms with E-state index in [0.717, 1.165) is 30.8 Å². The van der Waals surface area contributed by atoms with Gasteiger partial charge in [-0.2, -0.15) is 0 Å². The van der Waals surface area contributed by atoms with Crippen LogP contribution in [0.4, 0.5) is 5.69 Å². The third-order valence-electron chi connectivity index (χ3n) is 3.05. The van der Waals surface area contributed by atoms with Crippen LogP contribution in [0.15, 0.2) is 24.3 Å². The molecule has 0 aliphatic carbocycles. The standard InChI is InChI=1S/C14H20N2O3.ClH/c1-18-9-10-19-12-6-4-11(5-7-12)16-14(17)13-3-2-8-15-13;/h4-7,13,15H,2-3,8-10H2,1H3,(H,16,17);1H/t13-;/m0./s1. The lowest BCUT2D eigenvalue weighted by Gasteiger charge is -2.11. The van der Waals surface area contributed by atoms with E-state index in [4.69, 9.17) is 9.47 Å². The normalized spacial score (nSPS) is 17.4. The first-order valence-corrected chi connectivity index (χ1v) is 6.55. The number of hydrogen-bond acceptors (Lipinski definition) is 4. The Balaban J connectivity index is 0.00000200. The van der Waals surface area contributed by atoms with Gasteiger partial charge < -0.3 is 20.1 Å². The van der Waals surface area contributed by atoms with Gasteiger partial charge in [0, 0.05) is 12.8 Å². The zero-order valence-electron chi connectivity index (χ0n) is 11.6. The number of carbonyl (C=O) groups is 1. The number of halogens is 1. The summed E-state index contributed by atoms with van der Waals surface area (Å²) in [5.41, 5.74) is 0.790. The van der Waals surface area contributed by atoms with Crippen molar-refractivity contribution in [3.05, 3.63) is 24.3 Å². The van der Waals surface area contributed by atoms with E-state index >= 15 is 0 Å². The monoisotopic (exact) mass is 300 g/mol. The van der Waals surface area contributed by atoms with Gasteiger partial charge >= 0.3 is 0 Å². The van der Waals surface area contributed by atoms with Gasteiger partial charge in [0.05, 0.1) is 12.6 Å². The molecule has 1 atom stereocenters. The van der Waals surface area contributed by atoms with Crippen molar-refractivity contribution in [3.8, 4) is 5.75 Å². The van der Waals surface area contributed by atoms with Crippen LogP contribution in [0.2, 0.25) is 0 Å². The molecule has 2 rings (SSSR count). The van der Waals surface area contributed by atoms with Gasteiger partial charge in [0.15, 0.2) is 0 Å². The number of carbonyl (C=O) groups excluding carboxylic acids is 1. The number of nitrogens with one attached hydrogen (secondary N) is 2. The molecule has 0 radical (unpaired) electrons. The van der Waals surface area contributed by atoms with Crippen LogP contribution in [-0.2, 0) is 9.53 Å². The highest BCUT2D eigenvalue weighted by Gasteiger charge is 2.21. The fourth-order valence-corrected chi connectivity index (χ4v) is 2.02. The molecule has 0 aromatic heterocycles. The van der Waals surface area contributed by atoms with Crippen LogP contribution in [0.25, 0.3) is 0 Å². The minimum atomic E-state index is -0.0578. The Morgan fingerprint density at radius 1 is 1.35 bits per heavy atom. The van der Waals surface area contributed by atoms with Crippen LogP contribution >= 0.6 is 12.4 Å². The topological polar surface area (TPSA) is 59.6 Å². The van der Waals surface area contributed by atoms with Gasteiger partial charge in [-0.3, -0.25) is 4.79 Å². The van der Waals surface area contributed by atoms with Crippen LogP contribution in [0.3, 0.4) is 0 Å². The predicted molar refractivity (Wildman–Crippen MR) is 80.7 cm³/mol. The van der Waals surface area contributed by atoms with Crippen LogP contribution in [0.5, 0.6) is 5.75 Å². The van der Waals surface area contributed by atoms with Crippen molar-refractivity contribution in [2.24, 2.45) is 0 Å². The summed E-state index contributed by atoms with van der Waals surface area (Å²) in [5.74, 6) is 0.805. The highest BCUT2D eigenvalue weighted by Crippen LogP contribution is 2.16. The second kappa shape index (κ2) is 8.79. The van der Waals surface area contributed by atoms with Crippen molar-refractivity contribution in [2.75, 3.05) is 32.2 Å².